The van der Waals surface area contributed by atoms with Crippen molar-refractivity contribution in [2.45, 2.75) is 58.5 Å². The van der Waals surface area contributed by atoms with Crippen molar-refractivity contribution in [2.24, 2.45) is 10.4 Å². The van der Waals surface area contributed by atoms with Gasteiger partial charge in [-0.2, -0.15) is 0 Å². The van der Waals surface area contributed by atoms with Gasteiger partial charge in [0.15, 0.2) is 5.96 Å². The fourth-order valence-electron chi connectivity index (χ4n) is 3.26. The van der Waals surface area contributed by atoms with E-state index in [4.69, 9.17) is 4.74 Å². The molecule has 0 atom stereocenters. The van der Waals surface area contributed by atoms with E-state index in [0.29, 0.717) is 6.10 Å². The van der Waals surface area contributed by atoms with Gasteiger partial charge in [0.2, 0.25) is 0 Å². The Hall–Kier alpha value is -0.0800. The van der Waals surface area contributed by atoms with Crippen molar-refractivity contribution >= 4 is 29.9 Å². The molecule has 1 fully saturated rings. The highest BCUT2D eigenvalue weighted by atomic mass is 127. The zero-order valence-electron chi connectivity index (χ0n) is 16.4. The summed E-state index contributed by atoms with van der Waals surface area (Å²) in [6.07, 6.45) is 8.31. The van der Waals surface area contributed by atoms with Gasteiger partial charge in [-0.3, -0.25) is 4.99 Å². The van der Waals surface area contributed by atoms with Crippen LogP contribution in [-0.4, -0.2) is 64.3 Å². The maximum Gasteiger partial charge on any atom is 0.191 e. The Labute approximate surface area is 166 Å². The molecule has 0 radical (unpaired) electrons. The Morgan fingerprint density at radius 3 is 2.29 bits per heavy atom. The molecule has 1 aliphatic rings. The minimum absolute atomic E-state index is 0. The van der Waals surface area contributed by atoms with Gasteiger partial charge in [-0.05, 0) is 32.4 Å². The first kappa shape index (κ1) is 23.9. The van der Waals surface area contributed by atoms with Crippen molar-refractivity contribution in [3.8, 4) is 0 Å². The fourth-order valence-corrected chi connectivity index (χ4v) is 3.26. The van der Waals surface area contributed by atoms with Crippen molar-refractivity contribution in [3.05, 3.63) is 0 Å². The van der Waals surface area contributed by atoms with E-state index in [2.05, 4.69) is 48.5 Å². The fraction of sp³-hybridized carbons (Fsp3) is 0.944. The standard InChI is InChI=1S/C18H38N4O.HI/c1-18(2,15-22(4)5)14-21-17(19-3)20-12-13-23-16-10-8-6-7-9-11-16;/h16H,6-15H2,1-5H3,(H2,19,20,21);1H. The first-order chi connectivity index (χ1) is 10.9. The molecule has 6 heteroatoms. The third-order valence-corrected chi connectivity index (χ3v) is 4.25. The molecular weight excluding hydrogens is 415 g/mol. The van der Waals surface area contributed by atoms with Crippen LogP contribution >= 0.6 is 24.0 Å². The number of aliphatic imine (C=N–C) groups is 1. The lowest BCUT2D eigenvalue weighted by atomic mass is 9.93. The molecule has 2 N–H and O–H groups in total. The monoisotopic (exact) mass is 454 g/mol. The van der Waals surface area contributed by atoms with E-state index >= 15 is 0 Å². The number of hydrogen-bond acceptors (Lipinski definition) is 3. The lowest BCUT2D eigenvalue weighted by Crippen LogP contribution is -2.45. The van der Waals surface area contributed by atoms with Crippen LogP contribution in [-0.2, 0) is 4.74 Å². The molecule has 1 saturated carbocycles. The average molecular weight is 454 g/mol. The zero-order valence-corrected chi connectivity index (χ0v) is 18.7. The van der Waals surface area contributed by atoms with Crippen LogP contribution in [0.5, 0.6) is 0 Å². The predicted molar refractivity (Wildman–Crippen MR) is 115 cm³/mol. The summed E-state index contributed by atoms with van der Waals surface area (Å²) in [5.74, 6) is 0.862. The lowest BCUT2D eigenvalue weighted by Gasteiger charge is -2.29. The molecule has 1 rings (SSSR count). The van der Waals surface area contributed by atoms with Gasteiger partial charge in [0.05, 0.1) is 12.7 Å². The first-order valence-electron chi connectivity index (χ1n) is 9.14. The predicted octanol–water partition coefficient (Wildman–Crippen LogP) is 3.10. The second kappa shape index (κ2) is 13.2. The van der Waals surface area contributed by atoms with Gasteiger partial charge in [-0.1, -0.05) is 39.5 Å². The number of rotatable bonds is 8. The summed E-state index contributed by atoms with van der Waals surface area (Å²) in [5.41, 5.74) is 0.206. The SMILES string of the molecule is CN=C(NCCOC1CCCCCC1)NCC(C)(C)CN(C)C.I. The van der Waals surface area contributed by atoms with Crippen LogP contribution in [0.3, 0.4) is 0 Å². The Balaban J connectivity index is 0.00000529. The van der Waals surface area contributed by atoms with Crippen molar-refractivity contribution < 1.29 is 4.74 Å². The maximum atomic E-state index is 6.00. The molecule has 0 aliphatic heterocycles. The van der Waals surface area contributed by atoms with E-state index in [1.807, 2.05) is 7.05 Å². The van der Waals surface area contributed by atoms with Gasteiger partial charge >= 0.3 is 0 Å². The number of nitrogens with zero attached hydrogens (tertiary/aromatic N) is 2. The summed E-state index contributed by atoms with van der Waals surface area (Å²) in [6, 6.07) is 0. The molecule has 0 amide bonds. The van der Waals surface area contributed by atoms with Crippen molar-refractivity contribution in [3.63, 3.8) is 0 Å². The van der Waals surface area contributed by atoms with Gasteiger partial charge < -0.3 is 20.3 Å². The minimum Gasteiger partial charge on any atom is -0.376 e. The molecule has 0 bridgehead atoms. The van der Waals surface area contributed by atoms with Crippen molar-refractivity contribution in [2.75, 3.05) is 47.4 Å². The third kappa shape index (κ3) is 11.5. The van der Waals surface area contributed by atoms with Gasteiger partial charge in [-0.15, -0.1) is 24.0 Å². The topological polar surface area (TPSA) is 48.9 Å². The molecule has 5 nitrogen and oxygen atoms in total. The number of guanidine groups is 1. The zero-order chi connectivity index (χ0) is 17.1. The summed E-state index contributed by atoms with van der Waals surface area (Å²) in [5, 5.41) is 6.77. The highest BCUT2D eigenvalue weighted by Gasteiger charge is 2.19. The van der Waals surface area contributed by atoms with Crippen molar-refractivity contribution in [1.29, 1.82) is 0 Å². The van der Waals surface area contributed by atoms with Crippen LogP contribution in [0.1, 0.15) is 52.4 Å². The Bertz CT molecular complexity index is 340. The van der Waals surface area contributed by atoms with Gasteiger partial charge in [0.1, 0.15) is 0 Å². The average Bonchev–Trinajstić information content (AvgIpc) is 2.74. The largest absolute Gasteiger partial charge is 0.376 e. The van der Waals surface area contributed by atoms with E-state index in [-0.39, 0.29) is 29.4 Å². The van der Waals surface area contributed by atoms with E-state index in [9.17, 15) is 0 Å². The third-order valence-electron chi connectivity index (χ3n) is 4.25. The summed E-state index contributed by atoms with van der Waals surface area (Å²) < 4.78 is 6.00. The molecule has 144 valence electrons. The molecule has 0 heterocycles. The quantitative estimate of drug-likeness (QED) is 0.195. The maximum absolute atomic E-state index is 6.00. The molecule has 0 aromatic heterocycles. The van der Waals surface area contributed by atoms with Crippen LogP contribution in [0.25, 0.3) is 0 Å². The smallest absolute Gasteiger partial charge is 0.191 e. The molecule has 0 aromatic carbocycles. The number of halogens is 1. The van der Waals surface area contributed by atoms with Crippen LogP contribution in [0, 0.1) is 5.41 Å². The highest BCUT2D eigenvalue weighted by Crippen LogP contribution is 2.19. The molecule has 0 unspecified atom stereocenters. The molecule has 24 heavy (non-hydrogen) atoms. The van der Waals surface area contributed by atoms with Gasteiger partial charge in [-0.25, -0.2) is 0 Å². The van der Waals surface area contributed by atoms with E-state index in [1.165, 1.54) is 38.5 Å². The van der Waals surface area contributed by atoms with Gasteiger partial charge in [0, 0.05) is 26.7 Å². The Morgan fingerprint density at radius 1 is 1.12 bits per heavy atom. The number of nitrogens with one attached hydrogen (secondary N) is 2. The molecule has 0 aromatic rings. The Morgan fingerprint density at radius 2 is 1.75 bits per heavy atom. The second-order valence-corrected chi connectivity index (χ2v) is 7.74. The van der Waals surface area contributed by atoms with Crippen molar-refractivity contribution in [1.82, 2.24) is 15.5 Å². The molecule has 0 saturated heterocycles. The minimum atomic E-state index is 0. The van der Waals surface area contributed by atoms with Crippen LogP contribution in [0.2, 0.25) is 0 Å². The molecule has 0 spiro atoms. The van der Waals surface area contributed by atoms with Crippen LogP contribution < -0.4 is 10.6 Å². The lowest BCUT2D eigenvalue weighted by molar-refractivity contribution is 0.0468. The van der Waals surface area contributed by atoms with E-state index < -0.39 is 0 Å². The summed E-state index contributed by atoms with van der Waals surface area (Å²) in [4.78, 5) is 6.52. The molecule has 1 aliphatic carbocycles. The highest BCUT2D eigenvalue weighted by molar-refractivity contribution is 14.0. The van der Waals surface area contributed by atoms with Crippen LogP contribution in [0.15, 0.2) is 4.99 Å². The van der Waals surface area contributed by atoms with E-state index in [0.717, 1.165) is 32.2 Å². The summed E-state index contributed by atoms with van der Waals surface area (Å²) >= 11 is 0. The number of hydrogen-bond donors (Lipinski definition) is 2. The number of ether oxygens (including phenoxy) is 1. The van der Waals surface area contributed by atoms with Gasteiger partial charge in [0.25, 0.3) is 0 Å². The normalized spacial score (nSPS) is 17.3. The van der Waals surface area contributed by atoms with Crippen LogP contribution in [0.4, 0.5) is 0 Å². The summed E-state index contributed by atoms with van der Waals surface area (Å²) in [7, 11) is 6.04. The summed E-state index contributed by atoms with van der Waals surface area (Å²) in [6.45, 7) is 8.04. The Kier molecular flexibility index (Phi) is 13.1. The first-order valence-corrected chi connectivity index (χ1v) is 9.14. The second-order valence-electron chi connectivity index (χ2n) is 7.74. The van der Waals surface area contributed by atoms with E-state index in [1.54, 1.807) is 0 Å². The molecular formula is C18H39IN4O.